The third-order valence-electron chi connectivity index (χ3n) is 3.51. The summed E-state index contributed by atoms with van der Waals surface area (Å²) in [5, 5.41) is 8.34. The molecule has 0 saturated heterocycles. The monoisotopic (exact) mass is 337 g/mol. The summed E-state index contributed by atoms with van der Waals surface area (Å²) in [6.45, 7) is 0. The van der Waals surface area contributed by atoms with Crippen LogP contribution < -0.4 is 21.6 Å². The number of urea groups is 1. The zero-order chi connectivity index (χ0) is 17.8. The van der Waals surface area contributed by atoms with Crippen LogP contribution >= 0.6 is 0 Å². The van der Waals surface area contributed by atoms with Crippen molar-refractivity contribution >= 4 is 34.3 Å². The van der Waals surface area contributed by atoms with E-state index in [9.17, 15) is 14.4 Å². The number of hydrogen-bond acceptors (Lipinski definition) is 4. The summed E-state index contributed by atoms with van der Waals surface area (Å²) in [4.78, 5) is 35.6. The van der Waals surface area contributed by atoms with E-state index in [1.54, 1.807) is 48.5 Å². The maximum Gasteiger partial charge on any atom is 0.349 e. The van der Waals surface area contributed by atoms with Gasteiger partial charge in [0.1, 0.15) is 11.1 Å². The van der Waals surface area contributed by atoms with Crippen molar-refractivity contribution in [3.8, 4) is 0 Å². The van der Waals surface area contributed by atoms with Crippen molar-refractivity contribution in [2.75, 3.05) is 17.7 Å². The van der Waals surface area contributed by atoms with Crippen molar-refractivity contribution < 1.29 is 14.0 Å². The first-order chi connectivity index (χ1) is 12.1. The van der Waals surface area contributed by atoms with Gasteiger partial charge in [-0.1, -0.05) is 18.2 Å². The van der Waals surface area contributed by atoms with Crippen LogP contribution in [0.15, 0.2) is 63.8 Å². The number of amides is 3. The van der Waals surface area contributed by atoms with Gasteiger partial charge in [0.2, 0.25) is 0 Å². The van der Waals surface area contributed by atoms with E-state index in [-0.39, 0.29) is 11.6 Å². The Morgan fingerprint density at radius 1 is 0.920 bits per heavy atom. The second-order valence-electron chi connectivity index (χ2n) is 5.22. The highest BCUT2D eigenvalue weighted by Gasteiger charge is 2.14. The van der Waals surface area contributed by atoms with Gasteiger partial charge < -0.3 is 20.4 Å². The van der Waals surface area contributed by atoms with Gasteiger partial charge in [-0.05, 0) is 36.4 Å². The summed E-state index contributed by atoms with van der Waals surface area (Å²) in [6.07, 6.45) is 0. The molecular formula is C18H15N3O4. The number of carbonyl (C=O) groups is 2. The smallest absolute Gasteiger partial charge is 0.349 e. The first kappa shape index (κ1) is 16.3. The lowest BCUT2D eigenvalue weighted by Crippen LogP contribution is -2.24. The van der Waals surface area contributed by atoms with Crippen LogP contribution in [0, 0.1) is 0 Å². The van der Waals surface area contributed by atoms with Gasteiger partial charge in [0.15, 0.2) is 0 Å². The number of nitrogens with one attached hydrogen (secondary N) is 3. The van der Waals surface area contributed by atoms with Gasteiger partial charge in [-0.25, -0.2) is 9.59 Å². The van der Waals surface area contributed by atoms with Crippen LogP contribution in [0.5, 0.6) is 0 Å². The lowest BCUT2D eigenvalue weighted by atomic mass is 10.1. The van der Waals surface area contributed by atoms with E-state index in [1.165, 1.54) is 13.1 Å². The standard InChI is InChI=1S/C18H15N3O4/c1-19-18(24)21-13-8-6-12(7-9-13)20-16(22)14-10-11-4-2-3-5-15(11)25-17(14)23/h2-10H,1H3,(H,20,22)(H2,19,21,24). The number of hydrogen-bond donors (Lipinski definition) is 3. The normalized spacial score (nSPS) is 10.3. The highest BCUT2D eigenvalue weighted by atomic mass is 16.4. The number of rotatable bonds is 3. The molecule has 3 amide bonds. The third kappa shape index (κ3) is 3.66. The molecule has 3 rings (SSSR count). The van der Waals surface area contributed by atoms with Crippen LogP contribution in [0.25, 0.3) is 11.0 Å². The summed E-state index contributed by atoms with van der Waals surface area (Å²) in [5.41, 5.74) is 0.705. The van der Waals surface area contributed by atoms with Gasteiger partial charge in [-0.15, -0.1) is 0 Å². The van der Waals surface area contributed by atoms with E-state index in [1.807, 2.05) is 0 Å². The number of carbonyl (C=O) groups excluding carboxylic acids is 2. The lowest BCUT2D eigenvalue weighted by molar-refractivity contribution is 0.102. The summed E-state index contributed by atoms with van der Waals surface area (Å²) in [7, 11) is 1.51. The first-order valence-corrected chi connectivity index (χ1v) is 7.50. The van der Waals surface area contributed by atoms with Crippen LogP contribution in [0.4, 0.5) is 16.2 Å². The Morgan fingerprint density at radius 2 is 1.56 bits per heavy atom. The van der Waals surface area contributed by atoms with Gasteiger partial charge in [0.25, 0.3) is 5.91 Å². The molecular weight excluding hydrogens is 322 g/mol. The lowest BCUT2D eigenvalue weighted by Gasteiger charge is -2.07. The largest absolute Gasteiger partial charge is 0.422 e. The molecule has 2 aromatic carbocycles. The molecule has 25 heavy (non-hydrogen) atoms. The minimum absolute atomic E-state index is 0.0775. The van der Waals surface area contributed by atoms with Crippen molar-refractivity contribution in [1.82, 2.24) is 5.32 Å². The predicted octanol–water partition coefficient (Wildman–Crippen LogP) is 2.80. The molecule has 7 heteroatoms. The Hall–Kier alpha value is -3.61. The highest BCUT2D eigenvalue weighted by molar-refractivity contribution is 6.05. The first-order valence-electron chi connectivity index (χ1n) is 7.50. The van der Waals surface area contributed by atoms with Gasteiger partial charge >= 0.3 is 11.7 Å². The molecule has 0 unspecified atom stereocenters. The predicted molar refractivity (Wildman–Crippen MR) is 95.0 cm³/mol. The summed E-state index contributed by atoms with van der Waals surface area (Å²) >= 11 is 0. The van der Waals surface area contributed by atoms with E-state index in [0.29, 0.717) is 22.3 Å². The number of benzene rings is 2. The van der Waals surface area contributed by atoms with Gasteiger partial charge in [0, 0.05) is 23.8 Å². The molecule has 0 saturated carbocycles. The van der Waals surface area contributed by atoms with E-state index in [0.717, 1.165) is 0 Å². The van der Waals surface area contributed by atoms with Crippen LogP contribution in [0.3, 0.4) is 0 Å². The maximum absolute atomic E-state index is 12.3. The van der Waals surface area contributed by atoms with Crippen LogP contribution in [-0.2, 0) is 0 Å². The number of anilines is 2. The van der Waals surface area contributed by atoms with Gasteiger partial charge in [-0.3, -0.25) is 4.79 Å². The fraction of sp³-hybridized carbons (Fsp3) is 0.0556. The Kier molecular flexibility index (Phi) is 4.47. The average Bonchev–Trinajstić information content (AvgIpc) is 2.62. The van der Waals surface area contributed by atoms with Crippen LogP contribution in [0.1, 0.15) is 10.4 Å². The fourth-order valence-corrected chi connectivity index (χ4v) is 2.25. The van der Waals surface area contributed by atoms with E-state index in [4.69, 9.17) is 4.42 Å². The fourth-order valence-electron chi connectivity index (χ4n) is 2.25. The zero-order valence-corrected chi connectivity index (χ0v) is 13.3. The minimum atomic E-state index is -0.700. The molecule has 1 heterocycles. The zero-order valence-electron chi connectivity index (χ0n) is 13.3. The highest BCUT2D eigenvalue weighted by Crippen LogP contribution is 2.16. The number of fused-ring (bicyclic) bond motifs is 1. The molecule has 0 bridgehead atoms. The second kappa shape index (κ2) is 6.88. The van der Waals surface area contributed by atoms with Crippen molar-refractivity contribution in [3.05, 3.63) is 70.6 Å². The number of para-hydroxylation sites is 1. The average molecular weight is 337 g/mol. The quantitative estimate of drug-likeness (QED) is 0.640. The van der Waals surface area contributed by atoms with E-state index in [2.05, 4.69) is 16.0 Å². The molecule has 0 aliphatic rings. The Labute approximate surface area is 142 Å². The molecule has 0 atom stereocenters. The summed E-state index contributed by atoms with van der Waals surface area (Å²) in [5.74, 6) is -0.563. The second-order valence-corrected chi connectivity index (χ2v) is 5.22. The van der Waals surface area contributed by atoms with Crippen LogP contribution in [-0.4, -0.2) is 19.0 Å². The van der Waals surface area contributed by atoms with Crippen molar-refractivity contribution in [3.63, 3.8) is 0 Å². The minimum Gasteiger partial charge on any atom is -0.422 e. The Morgan fingerprint density at radius 3 is 2.24 bits per heavy atom. The van der Waals surface area contributed by atoms with E-state index < -0.39 is 11.5 Å². The SMILES string of the molecule is CNC(=O)Nc1ccc(NC(=O)c2cc3ccccc3oc2=O)cc1. The third-order valence-corrected chi connectivity index (χ3v) is 3.51. The topological polar surface area (TPSA) is 100 Å². The molecule has 0 aliphatic carbocycles. The van der Waals surface area contributed by atoms with Crippen molar-refractivity contribution in [2.45, 2.75) is 0 Å². The Bertz CT molecular complexity index is 993. The molecule has 3 aromatic rings. The molecule has 3 N–H and O–H groups in total. The van der Waals surface area contributed by atoms with Crippen LogP contribution in [0.2, 0.25) is 0 Å². The summed E-state index contributed by atoms with van der Waals surface area (Å²) in [6, 6.07) is 14.6. The molecule has 1 aromatic heterocycles. The molecule has 0 aliphatic heterocycles. The van der Waals surface area contributed by atoms with E-state index >= 15 is 0 Å². The van der Waals surface area contributed by atoms with Crippen molar-refractivity contribution in [2.24, 2.45) is 0 Å². The van der Waals surface area contributed by atoms with Crippen molar-refractivity contribution in [1.29, 1.82) is 0 Å². The maximum atomic E-state index is 12.3. The molecule has 126 valence electrons. The Balaban J connectivity index is 1.79. The summed E-state index contributed by atoms with van der Waals surface area (Å²) < 4.78 is 5.16. The van der Waals surface area contributed by atoms with Gasteiger partial charge in [0.05, 0.1) is 0 Å². The molecule has 0 fully saturated rings. The molecule has 0 spiro atoms. The molecule has 0 radical (unpaired) electrons. The molecule has 7 nitrogen and oxygen atoms in total. The van der Waals surface area contributed by atoms with Gasteiger partial charge in [-0.2, -0.15) is 0 Å².